The number of nitrogens with one attached hydrogen (secondary N) is 1. The molecule has 2 heterocycles. The van der Waals surface area contributed by atoms with Crippen LogP contribution in [0.3, 0.4) is 0 Å². The topological polar surface area (TPSA) is 111 Å². The molecule has 9 heteroatoms. The van der Waals surface area contributed by atoms with Gasteiger partial charge in [0.1, 0.15) is 16.5 Å². The number of nitrogen functional groups attached to an aromatic ring is 1. The number of sulfonamides is 1. The number of halogens is 1. The van der Waals surface area contributed by atoms with E-state index in [0.717, 1.165) is 0 Å². The van der Waals surface area contributed by atoms with Crippen LogP contribution in [-0.2, 0) is 23.0 Å². The summed E-state index contributed by atoms with van der Waals surface area (Å²) in [6, 6.07) is 1.39. The fourth-order valence-corrected chi connectivity index (χ4v) is 3.04. The van der Waals surface area contributed by atoms with Crippen molar-refractivity contribution in [1.82, 2.24) is 14.7 Å². The summed E-state index contributed by atoms with van der Waals surface area (Å²) in [5.41, 5.74) is 5.58. The van der Waals surface area contributed by atoms with Gasteiger partial charge < -0.3 is 10.2 Å². The van der Waals surface area contributed by atoms with Crippen LogP contribution in [0, 0.1) is 0 Å². The van der Waals surface area contributed by atoms with Gasteiger partial charge in [-0.2, -0.15) is 0 Å². The maximum absolute atomic E-state index is 12.1. The molecule has 0 amide bonds. The van der Waals surface area contributed by atoms with Crippen LogP contribution >= 0.6 is 15.9 Å². The average molecular weight is 361 g/mol. The van der Waals surface area contributed by atoms with E-state index in [1.54, 1.807) is 6.20 Å². The molecule has 0 aliphatic carbocycles. The minimum Gasteiger partial charge on any atom is -0.444 e. The van der Waals surface area contributed by atoms with Crippen molar-refractivity contribution >= 4 is 31.8 Å². The van der Waals surface area contributed by atoms with E-state index in [2.05, 4.69) is 30.6 Å². The molecular formula is C11H13BrN4O3S. The first kappa shape index (κ1) is 14.9. The third-order valence-electron chi connectivity index (χ3n) is 2.50. The summed E-state index contributed by atoms with van der Waals surface area (Å²) < 4.78 is 32.5. The van der Waals surface area contributed by atoms with E-state index in [1.165, 1.54) is 12.3 Å². The molecular weight excluding hydrogens is 348 g/mol. The molecule has 2 aromatic heterocycles. The first-order chi connectivity index (χ1) is 9.42. The fourth-order valence-electron chi connectivity index (χ4n) is 1.47. The van der Waals surface area contributed by atoms with Crippen molar-refractivity contribution in [2.75, 3.05) is 5.73 Å². The van der Waals surface area contributed by atoms with Crippen molar-refractivity contribution in [2.24, 2.45) is 0 Å². The highest BCUT2D eigenvalue weighted by Crippen LogP contribution is 2.20. The summed E-state index contributed by atoms with van der Waals surface area (Å²) in [4.78, 5) is 7.68. The first-order valence-corrected chi connectivity index (χ1v) is 8.04. The van der Waals surface area contributed by atoms with Crippen molar-refractivity contribution in [2.45, 2.75) is 24.8 Å². The Morgan fingerprint density at radius 3 is 2.80 bits per heavy atom. The normalized spacial score (nSPS) is 11.7. The number of aryl methyl sites for hydroxylation is 1. The fraction of sp³-hybridized carbons (Fsp3) is 0.273. The van der Waals surface area contributed by atoms with Crippen LogP contribution in [0.5, 0.6) is 0 Å². The van der Waals surface area contributed by atoms with E-state index >= 15 is 0 Å². The van der Waals surface area contributed by atoms with Crippen LogP contribution in [0.2, 0.25) is 0 Å². The second-order valence-corrected chi connectivity index (χ2v) is 6.59. The van der Waals surface area contributed by atoms with Gasteiger partial charge in [-0.3, -0.25) is 0 Å². The first-order valence-electron chi connectivity index (χ1n) is 5.76. The van der Waals surface area contributed by atoms with Crippen molar-refractivity contribution in [3.05, 3.63) is 34.6 Å². The van der Waals surface area contributed by atoms with E-state index in [0.29, 0.717) is 22.5 Å². The van der Waals surface area contributed by atoms with E-state index in [1.807, 2.05) is 6.92 Å². The minimum absolute atomic E-state index is 0.0473. The van der Waals surface area contributed by atoms with E-state index in [-0.39, 0.29) is 17.3 Å². The Bertz CT molecular complexity index is 714. The van der Waals surface area contributed by atoms with Gasteiger partial charge in [0.05, 0.1) is 12.7 Å². The predicted molar refractivity (Wildman–Crippen MR) is 76.3 cm³/mol. The summed E-state index contributed by atoms with van der Waals surface area (Å²) in [7, 11) is -3.78. The monoisotopic (exact) mass is 360 g/mol. The Kier molecular flexibility index (Phi) is 4.41. The molecule has 0 aliphatic heterocycles. The van der Waals surface area contributed by atoms with Crippen LogP contribution < -0.4 is 10.5 Å². The standard InChI is InChI=1S/C11H13BrN4O3S/c1-2-8-5-14-10(19-8)6-16-20(17,18)9-3-7(12)4-15-11(9)13/h3-5,16H,2,6H2,1H3,(H2,13,15). The number of nitrogens with two attached hydrogens (primary N) is 1. The van der Waals surface area contributed by atoms with Gasteiger partial charge in [-0.05, 0) is 22.0 Å². The maximum atomic E-state index is 12.1. The zero-order valence-corrected chi connectivity index (χ0v) is 13.0. The van der Waals surface area contributed by atoms with Crippen molar-refractivity contribution < 1.29 is 12.8 Å². The lowest BCUT2D eigenvalue weighted by Crippen LogP contribution is -2.24. The van der Waals surface area contributed by atoms with Crippen molar-refractivity contribution in [1.29, 1.82) is 0 Å². The molecule has 2 rings (SSSR count). The molecule has 0 saturated heterocycles. The van der Waals surface area contributed by atoms with E-state index in [4.69, 9.17) is 10.2 Å². The van der Waals surface area contributed by atoms with Gasteiger partial charge >= 0.3 is 0 Å². The maximum Gasteiger partial charge on any atom is 0.244 e. The van der Waals surface area contributed by atoms with Crippen molar-refractivity contribution in [3.8, 4) is 0 Å². The van der Waals surface area contributed by atoms with Gasteiger partial charge in [-0.25, -0.2) is 23.1 Å². The number of pyridine rings is 1. The Morgan fingerprint density at radius 1 is 1.40 bits per heavy atom. The number of anilines is 1. The summed E-state index contributed by atoms with van der Waals surface area (Å²) in [6.07, 6.45) is 3.69. The summed E-state index contributed by atoms with van der Waals surface area (Å²) in [5.74, 6) is 0.928. The Hall–Kier alpha value is -1.45. The highest BCUT2D eigenvalue weighted by molar-refractivity contribution is 9.10. The molecule has 20 heavy (non-hydrogen) atoms. The third-order valence-corrected chi connectivity index (χ3v) is 4.37. The van der Waals surface area contributed by atoms with Gasteiger partial charge in [0.15, 0.2) is 0 Å². The summed E-state index contributed by atoms with van der Waals surface area (Å²) >= 11 is 3.16. The third kappa shape index (κ3) is 3.35. The lowest BCUT2D eigenvalue weighted by molar-refractivity contribution is 0.452. The number of hydrogen-bond donors (Lipinski definition) is 2. The van der Waals surface area contributed by atoms with Crippen LogP contribution in [-0.4, -0.2) is 18.4 Å². The molecule has 0 aliphatic rings. The Labute approximate surface area is 124 Å². The summed E-state index contributed by atoms with van der Waals surface area (Å²) in [6.45, 7) is 1.87. The van der Waals surface area contributed by atoms with Crippen LogP contribution in [0.25, 0.3) is 0 Å². The molecule has 0 atom stereocenters. The van der Waals surface area contributed by atoms with Crippen molar-refractivity contribution in [3.63, 3.8) is 0 Å². The zero-order chi connectivity index (χ0) is 14.8. The van der Waals surface area contributed by atoms with E-state index < -0.39 is 10.0 Å². The Morgan fingerprint density at radius 2 is 2.15 bits per heavy atom. The average Bonchev–Trinajstić information content (AvgIpc) is 2.87. The van der Waals surface area contributed by atoms with Gasteiger partial charge in [-0.15, -0.1) is 0 Å². The lowest BCUT2D eigenvalue weighted by Gasteiger charge is -2.07. The van der Waals surface area contributed by atoms with Crippen LogP contribution in [0.1, 0.15) is 18.6 Å². The molecule has 108 valence electrons. The molecule has 0 unspecified atom stereocenters. The predicted octanol–water partition coefficient (Wildman–Crippen LogP) is 1.46. The SMILES string of the molecule is CCc1cnc(CNS(=O)(=O)c2cc(Br)cnc2N)o1. The number of rotatable bonds is 5. The second kappa shape index (κ2) is 5.90. The molecule has 0 spiro atoms. The summed E-state index contributed by atoms with van der Waals surface area (Å²) in [5, 5.41) is 0. The largest absolute Gasteiger partial charge is 0.444 e. The molecule has 0 bridgehead atoms. The van der Waals surface area contributed by atoms with Crippen LogP contribution in [0.15, 0.2) is 32.2 Å². The van der Waals surface area contributed by atoms with Gasteiger partial charge in [0.25, 0.3) is 0 Å². The quantitative estimate of drug-likeness (QED) is 0.834. The lowest BCUT2D eigenvalue weighted by atomic mass is 10.4. The van der Waals surface area contributed by atoms with Gasteiger partial charge in [0.2, 0.25) is 15.9 Å². The zero-order valence-electron chi connectivity index (χ0n) is 10.6. The smallest absolute Gasteiger partial charge is 0.244 e. The highest BCUT2D eigenvalue weighted by atomic mass is 79.9. The molecule has 0 aromatic carbocycles. The molecule has 3 N–H and O–H groups in total. The van der Waals surface area contributed by atoms with Crippen LogP contribution in [0.4, 0.5) is 5.82 Å². The number of nitrogens with zero attached hydrogens (tertiary/aromatic N) is 2. The molecule has 0 saturated carbocycles. The minimum atomic E-state index is -3.78. The molecule has 7 nitrogen and oxygen atoms in total. The second-order valence-electron chi connectivity index (χ2n) is 3.94. The van der Waals surface area contributed by atoms with E-state index in [9.17, 15) is 8.42 Å². The number of oxazole rings is 1. The highest BCUT2D eigenvalue weighted by Gasteiger charge is 2.19. The number of aromatic nitrogens is 2. The molecule has 2 aromatic rings. The van der Waals surface area contributed by atoms with Gasteiger partial charge in [0, 0.05) is 17.1 Å². The number of hydrogen-bond acceptors (Lipinski definition) is 6. The Balaban J connectivity index is 2.17. The van der Waals surface area contributed by atoms with Gasteiger partial charge in [-0.1, -0.05) is 6.92 Å². The molecule has 0 radical (unpaired) electrons. The molecule has 0 fully saturated rings.